The zero-order valence-corrected chi connectivity index (χ0v) is 43.7. The lowest BCUT2D eigenvalue weighted by Gasteiger charge is -2.62. The van der Waals surface area contributed by atoms with E-state index in [1.807, 2.05) is 30.3 Å². The summed E-state index contributed by atoms with van der Waals surface area (Å²) in [5, 5.41) is 0.0245. The highest BCUT2D eigenvalue weighted by Gasteiger charge is 2.65. The Morgan fingerprint density at radius 2 is 1.39 bits per heavy atom. The van der Waals surface area contributed by atoms with Crippen molar-refractivity contribution in [1.82, 2.24) is 0 Å². The van der Waals surface area contributed by atoms with E-state index in [9.17, 15) is 4.79 Å². The van der Waals surface area contributed by atoms with E-state index in [1.54, 1.807) is 6.08 Å². The second kappa shape index (κ2) is 19.5. The van der Waals surface area contributed by atoms with Gasteiger partial charge in [-0.15, -0.1) is 0 Å². The summed E-state index contributed by atoms with van der Waals surface area (Å²) < 4.78 is 76.1. The van der Waals surface area contributed by atoms with Crippen LogP contribution < -0.4 is 0 Å². The highest BCUT2D eigenvalue weighted by atomic mass is 28.4. The Labute approximate surface area is 412 Å². The van der Waals surface area contributed by atoms with Crippen LogP contribution in [0.2, 0.25) is 18.1 Å². The van der Waals surface area contributed by atoms with E-state index in [1.165, 1.54) is 5.56 Å². The van der Waals surface area contributed by atoms with Crippen molar-refractivity contribution in [2.45, 2.75) is 246 Å². The number of rotatable bonds is 12. The molecule has 69 heavy (non-hydrogen) atoms. The van der Waals surface area contributed by atoms with Crippen LogP contribution in [0.25, 0.3) is 0 Å². The van der Waals surface area contributed by atoms with E-state index in [0.717, 1.165) is 44.1 Å². The second-order valence-electron chi connectivity index (χ2n) is 24.1. The molecule has 17 atom stereocenters. The molecular formula is C56H80O12Si. The normalized spacial score (nSPS) is 43.1. The van der Waals surface area contributed by atoms with Crippen molar-refractivity contribution < 1.29 is 56.6 Å². The van der Waals surface area contributed by atoms with Crippen molar-refractivity contribution >= 4 is 14.1 Å². The third kappa shape index (κ3) is 10.3. The van der Waals surface area contributed by atoms with Crippen molar-refractivity contribution in [2.75, 3.05) is 13.2 Å². The summed E-state index contributed by atoms with van der Waals surface area (Å²) in [6.07, 6.45) is 8.18. The largest absolute Gasteiger partial charge is 0.414 e. The number of hydrogen-bond acceptors (Lipinski definition) is 12. The van der Waals surface area contributed by atoms with Gasteiger partial charge in [0.25, 0.3) is 0 Å². The van der Waals surface area contributed by atoms with Crippen LogP contribution in [0.4, 0.5) is 0 Å². The molecule has 0 aromatic heterocycles. The third-order valence-electron chi connectivity index (χ3n) is 17.7. The van der Waals surface area contributed by atoms with Crippen LogP contribution in [0.1, 0.15) is 124 Å². The fourth-order valence-corrected chi connectivity index (χ4v) is 13.7. The lowest BCUT2D eigenvalue weighted by molar-refractivity contribution is -0.373. The monoisotopic (exact) mass is 973 g/mol. The third-order valence-corrected chi connectivity index (χ3v) is 22.2. The summed E-state index contributed by atoms with van der Waals surface area (Å²) in [5.41, 5.74) is -0.226. The maximum atomic E-state index is 13.4. The molecule has 13 heteroatoms. The molecule has 0 amide bonds. The fourth-order valence-electron chi connectivity index (χ4n) is 12.7. The molecule has 0 N–H and O–H groups in total. The van der Waals surface area contributed by atoms with E-state index >= 15 is 0 Å². The predicted octanol–water partition coefficient (Wildman–Crippen LogP) is 9.54. The van der Waals surface area contributed by atoms with E-state index < -0.39 is 36.8 Å². The van der Waals surface area contributed by atoms with Crippen LogP contribution in [-0.2, 0) is 69.8 Å². The van der Waals surface area contributed by atoms with Gasteiger partial charge in [0.2, 0.25) is 0 Å². The number of fused-ring (bicyclic) bond motifs is 7. The molecule has 0 spiro atoms. The zero-order valence-electron chi connectivity index (χ0n) is 42.7. The van der Waals surface area contributed by atoms with Crippen LogP contribution in [0, 0.1) is 0 Å². The number of hydrogen-bond donors (Lipinski definition) is 0. The Balaban J connectivity index is 0.795. The number of carbonyl (C=O) groups excluding carboxylic acids is 1. The van der Waals surface area contributed by atoms with Crippen molar-refractivity contribution in [2.24, 2.45) is 0 Å². The Morgan fingerprint density at radius 1 is 0.681 bits per heavy atom. The Morgan fingerprint density at radius 3 is 2.13 bits per heavy atom. The zero-order chi connectivity index (χ0) is 48.4. The minimum atomic E-state index is -2.09. The van der Waals surface area contributed by atoms with Crippen LogP contribution in [-0.4, -0.2) is 129 Å². The highest BCUT2D eigenvalue weighted by molar-refractivity contribution is 6.74. The summed E-state index contributed by atoms with van der Waals surface area (Å²) in [6.45, 7) is 21.8. The summed E-state index contributed by atoms with van der Waals surface area (Å²) >= 11 is 0. The molecule has 0 bridgehead atoms. The van der Waals surface area contributed by atoms with Gasteiger partial charge >= 0.3 is 0 Å². The first kappa shape index (κ1) is 50.2. The van der Waals surface area contributed by atoms with Crippen molar-refractivity contribution in [3.8, 4) is 0 Å². The quantitative estimate of drug-likeness (QED) is 0.149. The van der Waals surface area contributed by atoms with Gasteiger partial charge in [-0.3, -0.25) is 4.79 Å². The Hall–Kier alpha value is -2.37. The average molecular weight is 973 g/mol. The van der Waals surface area contributed by atoms with Gasteiger partial charge in [0.05, 0.1) is 104 Å². The first-order valence-electron chi connectivity index (χ1n) is 26.3. The lowest BCUT2D eigenvalue weighted by Crippen LogP contribution is -2.72. The number of carbonyl (C=O) groups is 1. The van der Waals surface area contributed by atoms with Crippen LogP contribution in [0.15, 0.2) is 72.8 Å². The van der Waals surface area contributed by atoms with Gasteiger partial charge in [0, 0.05) is 45.1 Å². The lowest BCUT2D eigenvalue weighted by atomic mass is 9.72. The fraction of sp³-hybridized carbons (Fsp3) is 0.732. The van der Waals surface area contributed by atoms with E-state index in [2.05, 4.69) is 98.0 Å². The first-order chi connectivity index (χ1) is 32.8. The molecule has 7 fully saturated rings. The second-order valence-corrected chi connectivity index (χ2v) is 28.9. The molecule has 2 aromatic carbocycles. The number of benzene rings is 2. The molecular weight excluding hydrogens is 893 g/mol. The van der Waals surface area contributed by atoms with Crippen LogP contribution >= 0.6 is 0 Å². The molecule has 380 valence electrons. The highest BCUT2D eigenvalue weighted by Crippen LogP contribution is 2.54. The average Bonchev–Trinajstić information content (AvgIpc) is 3.53. The Kier molecular flexibility index (Phi) is 14.2. The molecule has 2 aromatic rings. The molecule has 0 aliphatic carbocycles. The smallest absolute Gasteiger partial charge is 0.192 e. The molecule has 10 rings (SSSR count). The maximum Gasteiger partial charge on any atom is 0.192 e. The van der Waals surface area contributed by atoms with Crippen molar-refractivity contribution in [3.05, 3.63) is 83.9 Å². The SMILES string of the molecule is CC(C)(C)[Si](C)(C)OC[C@H]1O[C@H]2C[C@H]3O[C@H]4CC[C@H]5O[C@H]6C[C@@]7(C)O[C@@]8(C)[C@@H](OCc9ccccc9)C[C@H](CCCOCc9ccccc9)O[C@@H]8C[C@@H]7O[C@@H]6C[C@@H]5O[C@]4(C)C[C@]3(C)O[C@@H]2C=CC1=O. The first-order valence-corrected chi connectivity index (χ1v) is 29.2. The van der Waals surface area contributed by atoms with Gasteiger partial charge in [0.15, 0.2) is 14.1 Å². The van der Waals surface area contributed by atoms with Gasteiger partial charge < -0.3 is 51.8 Å². The summed E-state index contributed by atoms with van der Waals surface area (Å²) in [6, 6.07) is 20.7. The minimum Gasteiger partial charge on any atom is -0.414 e. The molecule has 8 heterocycles. The number of ether oxygens (including phenoxy) is 10. The molecule has 8 aliphatic rings. The van der Waals surface area contributed by atoms with Crippen molar-refractivity contribution in [3.63, 3.8) is 0 Å². The van der Waals surface area contributed by atoms with Gasteiger partial charge in [-0.1, -0.05) is 81.4 Å². The van der Waals surface area contributed by atoms with Crippen molar-refractivity contribution in [1.29, 1.82) is 0 Å². The van der Waals surface area contributed by atoms with Crippen LogP contribution in [0.3, 0.4) is 0 Å². The van der Waals surface area contributed by atoms with Crippen LogP contribution in [0.5, 0.6) is 0 Å². The van der Waals surface area contributed by atoms with E-state index in [0.29, 0.717) is 45.5 Å². The van der Waals surface area contributed by atoms with Gasteiger partial charge in [-0.05, 0) is 94.8 Å². The summed E-state index contributed by atoms with van der Waals surface area (Å²) in [4.78, 5) is 13.4. The van der Waals surface area contributed by atoms with Gasteiger partial charge in [-0.25, -0.2) is 0 Å². The summed E-state index contributed by atoms with van der Waals surface area (Å²) in [5.74, 6) is -0.0781. The molecule has 0 unspecified atom stereocenters. The predicted molar refractivity (Wildman–Crippen MR) is 262 cm³/mol. The van der Waals surface area contributed by atoms with E-state index in [4.69, 9.17) is 51.8 Å². The topological polar surface area (TPSA) is 119 Å². The summed E-state index contributed by atoms with van der Waals surface area (Å²) in [7, 11) is -2.09. The van der Waals surface area contributed by atoms with Gasteiger partial charge in [-0.2, -0.15) is 0 Å². The number of ketones is 1. The minimum absolute atomic E-state index is 0.0102. The molecule has 12 nitrogen and oxygen atoms in total. The van der Waals surface area contributed by atoms with E-state index in [-0.39, 0.29) is 90.7 Å². The molecule has 0 saturated carbocycles. The van der Waals surface area contributed by atoms with Gasteiger partial charge in [0.1, 0.15) is 17.8 Å². The standard InChI is InChI=1S/C56H80O12Si/c1-52(2,3)69(8,9)60-34-46-39(57)22-23-41-43(63-46)29-48-55(6,66-41)35-54(5)47(65-48)25-24-40-44(67-54)28-42-45(62-40)31-53(4)49(64-42)30-51-56(7,68-53)50(59-33-37-19-14-11-15-20-37)27-38(61-51)21-16-26-58-32-36-17-12-10-13-18-36/h10-15,17-20,22-23,38,40-51H,16,21,24-35H2,1-9H3/t38-,40+,41+,42+,43-,44-,45-,46+,47-,48+,49-,50-,51+,53+,54+,55-,56-/m0/s1. The molecule has 7 saturated heterocycles. The molecule has 0 radical (unpaired) electrons. The Bertz CT molecular complexity index is 2120. The maximum absolute atomic E-state index is 13.4. The molecule has 8 aliphatic heterocycles.